The molecular weight excluding hydrogens is 202 g/mol. The van der Waals surface area contributed by atoms with Gasteiger partial charge in [-0.1, -0.05) is 13.8 Å². The van der Waals surface area contributed by atoms with Crippen molar-refractivity contribution >= 4 is 0 Å². The lowest BCUT2D eigenvalue weighted by atomic mass is 9.65. The first-order valence-electron chi connectivity index (χ1n) is 5.60. The monoisotopic (exact) mass is 221 g/mol. The van der Waals surface area contributed by atoms with Gasteiger partial charge in [-0.05, 0) is 24.3 Å². The van der Waals surface area contributed by atoms with Crippen LogP contribution in [0.1, 0.15) is 20.3 Å². The summed E-state index contributed by atoms with van der Waals surface area (Å²) in [6.07, 6.45) is 1.15. The van der Waals surface area contributed by atoms with Crippen LogP contribution in [-0.4, -0.2) is 19.3 Å². The largest absolute Gasteiger partial charge is 0.497 e. The van der Waals surface area contributed by atoms with Gasteiger partial charge in [0.1, 0.15) is 17.6 Å². The van der Waals surface area contributed by atoms with Gasteiger partial charge in [0.25, 0.3) is 0 Å². The van der Waals surface area contributed by atoms with E-state index in [0.717, 1.165) is 17.9 Å². The number of ether oxygens (including phenoxy) is 2. The van der Waals surface area contributed by atoms with E-state index in [1.54, 1.807) is 7.11 Å². The van der Waals surface area contributed by atoms with E-state index in [9.17, 15) is 0 Å². The Kier molecular flexibility index (Phi) is 2.80. The lowest BCUT2D eigenvalue weighted by Crippen LogP contribution is -2.60. The molecule has 0 heterocycles. The van der Waals surface area contributed by atoms with Gasteiger partial charge >= 0.3 is 0 Å². The Hall–Kier alpha value is -1.22. The van der Waals surface area contributed by atoms with Gasteiger partial charge < -0.3 is 15.2 Å². The third-order valence-electron chi connectivity index (χ3n) is 3.59. The Balaban J connectivity index is 2.00. The molecule has 1 fully saturated rings. The average molecular weight is 221 g/mol. The van der Waals surface area contributed by atoms with Gasteiger partial charge in [0.2, 0.25) is 0 Å². The maximum atomic E-state index is 5.95. The molecule has 1 aromatic rings. The molecule has 2 unspecified atom stereocenters. The first kappa shape index (κ1) is 11.3. The summed E-state index contributed by atoms with van der Waals surface area (Å²) >= 11 is 0. The fraction of sp³-hybridized carbons (Fsp3) is 0.538. The molecule has 2 N–H and O–H groups in total. The molecule has 1 aromatic carbocycles. The molecule has 0 amide bonds. The van der Waals surface area contributed by atoms with E-state index in [4.69, 9.17) is 15.2 Å². The Morgan fingerprint density at radius 3 is 2.19 bits per heavy atom. The van der Waals surface area contributed by atoms with Crippen molar-refractivity contribution in [3.63, 3.8) is 0 Å². The zero-order valence-corrected chi connectivity index (χ0v) is 10.1. The lowest BCUT2D eigenvalue weighted by molar-refractivity contribution is -0.0400. The Morgan fingerprint density at radius 2 is 1.75 bits per heavy atom. The lowest BCUT2D eigenvalue weighted by Gasteiger charge is -2.49. The third-order valence-corrected chi connectivity index (χ3v) is 3.59. The van der Waals surface area contributed by atoms with Gasteiger partial charge in [0.05, 0.1) is 7.11 Å². The van der Waals surface area contributed by atoms with Gasteiger partial charge in [-0.2, -0.15) is 0 Å². The molecule has 88 valence electrons. The van der Waals surface area contributed by atoms with Crippen LogP contribution in [0.4, 0.5) is 0 Å². The number of rotatable bonds is 3. The van der Waals surface area contributed by atoms with Crippen molar-refractivity contribution in [3.05, 3.63) is 24.3 Å². The molecule has 0 saturated heterocycles. The molecule has 1 aliphatic rings. The van der Waals surface area contributed by atoms with E-state index >= 15 is 0 Å². The van der Waals surface area contributed by atoms with Gasteiger partial charge in [0, 0.05) is 17.9 Å². The van der Waals surface area contributed by atoms with Crippen molar-refractivity contribution in [2.75, 3.05) is 7.11 Å². The summed E-state index contributed by atoms with van der Waals surface area (Å²) in [5.41, 5.74) is 6.02. The first-order chi connectivity index (χ1) is 7.54. The molecule has 0 spiro atoms. The minimum Gasteiger partial charge on any atom is -0.497 e. The van der Waals surface area contributed by atoms with Crippen molar-refractivity contribution in [3.8, 4) is 11.5 Å². The highest BCUT2D eigenvalue weighted by molar-refractivity contribution is 5.31. The zero-order chi connectivity index (χ0) is 11.8. The molecule has 3 heteroatoms. The van der Waals surface area contributed by atoms with Gasteiger partial charge in [-0.15, -0.1) is 0 Å². The number of hydrogen-bond acceptors (Lipinski definition) is 3. The highest BCUT2D eigenvalue weighted by atomic mass is 16.5. The van der Waals surface area contributed by atoms with E-state index in [2.05, 4.69) is 13.8 Å². The topological polar surface area (TPSA) is 44.5 Å². The standard InChI is InChI=1S/C13H19NO2/c1-13(2)11(14)8-12(13)16-10-6-4-9(15-3)5-7-10/h4-7,11-12H,8,14H2,1-3H3. The summed E-state index contributed by atoms with van der Waals surface area (Å²) in [5, 5.41) is 0. The van der Waals surface area contributed by atoms with Crippen LogP contribution < -0.4 is 15.2 Å². The Bertz CT molecular complexity index is 359. The van der Waals surface area contributed by atoms with Gasteiger partial charge in [-0.3, -0.25) is 0 Å². The van der Waals surface area contributed by atoms with E-state index < -0.39 is 0 Å². The molecule has 1 saturated carbocycles. The van der Waals surface area contributed by atoms with Crippen LogP contribution in [0.2, 0.25) is 0 Å². The molecule has 1 aliphatic carbocycles. The summed E-state index contributed by atoms with van der Waals surface area (Å²) in [5.74, 6) is 1.72. The number of benzene rings is 1. The molecule has 2 atom stereocenters. The normalized spacial score (nSPS) is 27.0. The van der Waals surface area contributed by atoms with Crippen molar-refractivity contribution < 1.29 is 9.47 Å². The van der Waals surface area contributed by atoms with Crippen molar-refractivity contribution in [1.82, 2.24) is 0 Å². The predicted molar refractivity (Wildman–Crippen MR) is 63.8 cm³/mol. The quantitative estimate of drug-likeness (QED) is 0.851. The molecule has 0 radical (unpaired) electrons. The third kappa shape index (κ3) is 1.87. The minimum absolute atomic E-state index is 0.0694. The number of methoxy groups -OCH3 is 1. The van der Waals surface area contributed by atoms with E-state index in [-0.39, 0.29) is 17.6 Å². The molecular formula is C13H19NO2. The van der Waals surface area contributed by atoms with E-state index in [1.165, 1.54) is 0 Å². The number of nitrogens with two attached hydrogens (primary N) is 1. The van der Waals surface area contributed by atoms with Gasteiger partial charge in [0.15, 0.2) is 0 Å². The van der Waals surface area contributed by atoms with Crippen LogP contribution in [0.5, 0.6) is 11.5 Å². The average Bonchev–Trinajstić information content (AvgIpc) is 2.29. The SMILES string of the molecule is COc1ccc(OC2CC(N)C2(C)C)cc1. The highest BCUT2D eigenvalue weighted by Gasteiger charge is 2.47. The second kappa shape index (κ2) is 3.98. The van der Waals surface area contributed by atoms with Crippen LogP contribution >= 0.6 is 0 Å². The smallest absolute Gasteiger partial charge is 0.120 e. The molecule has 16 heavy (non-hydrogen) atoms. The maximum Gasteiger partial charge on any atom is 0.120 e. The van der Waals surface area contributed by atoms with Gasteiger partial charge in [-0.25, -0.2) is 0 Å². The van der Waals surface area contributed by atoms with Crippen LogP contribution in [0.25, 0.3) is 0 Å². The maximum absolute atomic E-state index is 5.95. The van der Waals surface area contributed by atoms with E-state index in [0.29, 0.717) is 0 Å². The fourth-order valence-electron chi connectivity index (χ4n) is 1.93. The summed E-state index contributed by atoms with van der Waals surface area (Å²) in [4.78, 5) is 0. The Labute approximate surface area is 96.5 Å². The van der Waals surface area contributed by atoms with E-state index in [1.807, 2.05) is 24.3 Å². The van der Waals surface area contributed by atoms with Crippen LogP contribution in [0, 0.1) is 5.41 Å². The molecule has 0 aliphatic heterocycles. The molecule has 0 bridgehead atoms. The van der Waals surface area contributed by atoms with Crippen molar-refractivity contribution in [2.24, 2.45) is 11.1 Å². The molecule has 3 nitrogen and oxygen atoms in total. The summed E-state index contributed by atoms with van der Waals surface area (Å²) in [6.45, 7) is 4.30. The highest BCUT2D eigenvalue weighted by Crippen LogP contribution is 2.41. The second-order valence-corrected chi connectivity index (χ2v) is 4.95. The number of hydrogen-bond donors (Lipinski definition) is 1. The molecule has 0 aromatic heterocycles. The first-order valence-corrected chi connectivity index (χ1v) is 5.60. The predicted octanol–water partition coefficient (Wildman–Crippen LogP) is 2.20. The van der Waals surface area contributed by atoms with Crippen LogP contribution in [-0.2, 0) is 0 Å². The molecule has 2 rings (SSSR count). The second-order valence-electron chi connectivity index (χ2n) is 4.95. The minimum atomic E-state index is 0.0694. The fourth-order valence-corrected chi connectivity index (χ4v) is 1.93. The summed E-state index contributed by atoms with van der Waals surface area (Å²) in [6, 6.07) is 7.91. The Morgan fingerprint density at radius 1 is 1.19 bits per heavy atom. The summed E-state index contributed by atoms with van der Waals surface area (Å²) < 4.78 is 11.0. The van der Waals surface area contributed by atoms with Crippen molar-refractivity contribution in [1.29, 1.82) is 0 Å². The summed E-state index contributed by atoms with van der Waals surface area (Å²) in [7, 11) is 1.66. The zero-order valence-electron chi connectivity index (χ0n) is 10.1. The van der Waals surface area contributed by atoms with Crippen LogP contribution in [0.3, 0.4) is 0 Å². The van der Waals surface area contributed by atoms with Crippen LogP contribution in [0.15, 0.2) is 24.3 Å². The van der Waals surface area contributed by atoms with Crippen molar-refractivity contribution in [2.45, 2.75) is 32.4 Å².